The Morgan fingerprint density at radius 1 is 1.15 bits per heavy atom. The number of nitrogens with one attached hydrogen (secondary N) is 1. The van der Waals surface area contributed by atoms with Gasteiger partial charge in [-0.2, -0.15) is 0 Å². The maximum Gasteiger partial charge on any atom is 0.331 e. The molecule has 2 aromatic rings. The number of urea groups is 1. The molecular formula is C18H22N2O5S. The molecule has 0 aliphatic heterocycles. The number of sulfonamides is 1. The maximum absolute atomic E-state index is 12.2. The summed E-state index contributed by atoms with van der Waals surface area (Å²) in [5.41, 5.74) is 1.50. The molecular weight excluding hydrogens is 356 g/mol. The molecule has 0 aliphatic carbocycles. The first-order chi connectivity index (χ1) is 12.2. The van der Waals surface area contributed by atoms with Gasteiger partial charge in [0.2, 0.25) is 0 Å². The van der Waals surface area contributed by atoms with E-state index in [1.807, 2.05) is 11.6 Å². The molecule has 2 aromatic carbocycles. The van der Waals surface area contributed by atoms with Gasteiger partial charge in [-0.25, -0.2) is 17.9 Å². The van der Waals surface area contributed by atoms with Crippen molar-refractivity contribution >= 4 is 16.1 Å². The van der Waals surface area contributed by atoms with E-state index in [-0.39, 0.29) is 11.4 Å². The van der Waals surface area contributed by atoms with Crippen LogP contribution in [0.2, 0.25) is 0 Å². The Labute approximate surface area is 153 Å². The molecule has 0 saturated carbocycles. The van der Waals surface area contributed by atoms with Gasteiger partial charge in [-0.05, 0) is 36.8 Å². The number of amides is 2. The minimum absolute atomic E-state index is 0.000512. The van der Waals surface area contributed by atoms with Gasteiger partial charge >= 0.3 is 6.03 Å². The average molecular weight is 378 g/mol. The Kier molecular flexibility index (Phi) is 6.23. The van der Waals surface area contributed by atoms with Gasteiger partial charge in [0.25, 0.3) is 10.0 Å². The summed E-state index contributed by atoms with van der Waals surface area (Å²) < 4.78 is 31.5. The number of aryl methyl sites for hydroxylation is 1. The van der Waals surface area contributed by atoms with E-state index < -0.39 is 22.2 Å². The second kappa shape index (κ2) is 8.20. The number of aliphatic hydroxyl groups is 1. The van der Waals surface area contributed by atoms with E-state index in [1.165, 1.54) is 26.3 Å². The minimum Gasteiger partial charge on any atom is -0.497 e. The van der Waals surface area contributed by atoms with E-state index in [1.54, 1.807) is 36.4 Å². The average Bonchev–Trinajstić information content (AvgIpc) is 2.61. The molecule has 0 spiro atoms. The van der Waals surface area contributed by atoms with E-state index in [9.17, 15) is 18.3 Å². The van der Waals surface area contributed by atoms with E-state index in [0.29, 0.717) is 11.3 Å². The normalized spacial score (nSPS) is 12.3. The topological polar surface area (TPSA) is 95.9 Å². The molecule has 7 nitrogen and oxygen atoms in total. The number of carbonyl (C=O) groups excluding carboxylic acids is 1. The molecule has 8 heteroatoms. The molecule has 1 unspecified atom stereocenters. The van der Waals surface area contributed by atoms with Crippen LogP contribution in [-0.4, -0.2) is 45.2 Å². The highest BCUT2D eigenvalue weighted by molar-refractivity contribution is 7.90. The molecule has 0 aromatic heterocycles. The van der Waals surface area contributed by atoms with Crippen molar-refractivity contribution < 1.29 is 23.1 Å². The molecule has 0 heterocycles. The molecule has 0 radical (unpaired) electrons. The van der Waals surface area contributed by atoms with Crippen molar-refractivity contribution in [1.82, 2.24) is 9.62 Å². The number of nitrogens with zero attached hydrogens (tertiary/aromatic N) is 1. The first-order valence-electron chi connectivity index (χ1n) is 7.89. The van der Waals surface area contributed by atoms with Crippen molar-refractivity contribution in [2.75, 3.05) is 20.7 Å². The number of ether oxygens (including phenoxy) is 1. The second-order valence-electron chi connectivity index (χ2n) is 5.89. The largest absolute Gasteiger partial charge is 0.497 e. The van der Waals surface area contributed by atoms with Crippen LogP contribution in [0.25, 0.3) is 0 Å². The standard InChI is InChI=1S/C18H22N2O5S/c1-13-4-10-16(11-5-13)26(23,24)19-18(22)20(2)12-17(21)14-6-8-15(25-3)9-7-14/h4-11,17,21H,12H2,1-3H3,(H,19,22). The Hall–Kier alpha value is -2.58. The number of hydrogen-bond acceptors (Lipinski definition) is 5. The lowest BCUT2D eigenvalue weighted by Crippen LogP contribution is -2.42. The Bertz CT molecular complexity index is 848. The molecule has 0 bridgehead atoms. The number of rotatable bonds is 6. The summed E-state index contributed by atoms with van der Waals surface area (Å²) in [5.74, 6) is 0.649. The maximum atomic E-state index is 12.2. The molecule has 2 N–H and O–H groups in total. The summed E-state index contributed by atoms with van der Waals surface area (Å²) in [6.45, 7) is 1.77. The van der Waals surface area contributed by atoms with Crippen LogP contribution in [0.1, 0.15) is 17.2 Å². The smallest absolute Gasteiger partial charge is 0.331 e. The summed E-state index contributed by atoms with van der Waals surface area (Å²) in [6.07, 6.45) is -0.960. The molecule has 1 atom stereocenters. The Balaban J connectivity index is 2.00. The van der Waals surface area contributed by atoms with Gasteiger partial charge in [-0.1, -0.05) is 29.8 Å². The number of hydrogen-bond donors (Lipinski definition) is 2. The van der Waals surface area contributed by atoms with Gasteiger partial charge in [0.1, 0.15) is 5.75 Å². The zero-order valence-corrected chi connectivity index (χ0v) is 15.7. The SMILES string of the molecule is COc1ccc(C(O)CN(C)C(=O)NS(=O)(=O)c2ccc(C)cc2)cc1. The zero-order valence-electron chi connectivity index (χ0n) is 14.8. The second-order valence-corrected chi connectivity index (χ2v) is 7.58. The molecule has 0 aliphatic rings. The molecule has 0 fully saturated rings. The third-order valence-corrected chi connectivity index (χ3v) is 5.18. The van der Waals surface area contributed by atoms with Crippen LogP contribution in [0.15, 0.2) is 53.4 Å². The van der Waals surface area contributed by atoms with Crippen molar-refractivity contribution in [1.29, 1.82) is 0 Å². The van der Waals surface area contributed by atoms with E-state index in [2.05, 4.69) is 0 Å². The summed E-state index contributed by atoms with van der Waals surface area (Å²) >= 11 is 0. The summed E-state index contributed by atoms with van der Waals surface area (Å²) in [6, 6.07) is 12.1. The Morgan fingerprint density at radius 3 is 2.27 bits per heavy atom. The highest BCUT2D eigenvalue weighted by Crippen LogP contribution is 2.18. The fraction of sp³-hybridized carbons (Fsp3) is 0.278. The fourth-order valence-electron chi connectivity index (χ4n) is 2.24. The van der Waals surface area contributed by atoms with Crippen LogP contribution < -0.4 is 9.46 Å². The van der Waals surface area contributed by atoms with Gasteiger partial charge in [0, 0.05) is 7.05 Å². The van der Waals surface area contributed by atoms with Crippen molar-refractivity contribution in [3.63, 3.8) is 0 Å². The van der Waals surface area contributed by atoms with Crippen LogP contribution in [0.4, 0.5) is 4.79 Å². The number of benzene rings is 2. The van der Waals surface area contributed by atoms with Crippen LogP contribution >= 0.6 is 0 Å². The van der Waals surface area contributed by atoms with Gasteiger partial charge in [0.05, 0.1) is 24.7 Å². The first kappa shape index (κ1) is 19.7. The van der Waals surface area contributed by atoms with E-state index >= 15 is 0 Å². The number of methoxy groups -OCH3 is 1. The summed E-state index contributed by atoms with van der Waals surface area (Å²) in [4.78, 5) is 13.3. The summed E-state index contributed by atoms with van der Waals surface area (Å²) in [5, 5.41) is 10.2. The van der Waals surface area contributed by atoms with Crippen LogP contribution in [-0.2, 0) is 10.0 Å². The molecule has 2 amide bonds. The third kappa shape index (κ3) is 4.96. The quantitative estimate of drug-likeness (QED) is 0.802. The van der Waals surface area contributed by atoms with Crippen molar-refractivity contribution in [3.05, 3.63) is 59.7 Å². The fourth-order valence-corrected chi connectivity index (χ4v) is 3.24. The van der Waals surface area contributed by atoms with Crippen molar-refractivity contribution in [2.24, 2.45) is 0 Å². The summed E-state index contributed by atoms with van der Waals surface area (Å²) in [7, 11) is -1.02. The Morgan fingerprint density at radius 2 is 1.73 bits per heavy atom. The van der Waals surface area contributed by atoms with Crippen molar-refractivity contribution in [2.45, 2.75) is 17.9 Å². The van der Waals surface area contributed by atoms with Gasteiger partial charge in [0.15, 0.2) is 0 Å². The monoisotopic (exact) mass is 378 g/mol. The first-order valence-corrected chi connectivity index (χ1v) is 9.38. The molecule has 2 rings (SSSR count). The number of likely N-dealkylation sites (N-methyl/N-ethyl adjacent to an activating group) is 1. The van der Waals surface area contributed by atoms with Crippen LogP contribution in [0.3, 0.4) is 0 Å². The zero-order chi connectivity index (χ0) is 19.3. The lowest BCUT2D eigenvalue weighted by atomic mass is 10.1. The minimum atomic E-state index is -3.97. The number of aliphatic hydroxyl groups excluding tert-OH is 1. The lowest BCUT2D eigenvalue weighted by Gasteiger charge is -2.21. The predicted octanol–water partition coefficient (Wildman–Crippen LogP) is 2.07. The van der Waals surface area contributed by atoms with E-state index in [0.717, 1.165) is 10.5 Å². The third-order valence-electron chi connectivity index (χ3n) is 3.85. The lowest BCUT2D eigenvalue weighted by molar-refractivity contribution is 0.133. The highest BCUT2D eigenvalue weighted by Gasteiger charge is 2.22. The van der Waals surface area contributed by atoms with E-state index in [4.69, 9.17) is 4.74 Å². The van der Waals surface area contributed by atoms with Crippen molar-refractivity contribution in [3.8, 4) is 5.75 Å². The molecule has 0 saturated heterocycles. The predicted molar refractivity (Wildman–Crippen MR) is 97.5 cm³/mol. The van der Waals surface area contributed by atoms with Crippen LogP contribution in [0.5, 0.6) is 5.75 Å². The number of carbonyl (C=O) groups is 1. The van der Waals surface area contributed by atoms with Gasteiger partial charge in [-0.3, -0.25) is 0 Å². The van der Waals surface area contributed by atoms with Gasteiger partial charge in [-0.15, -0.1) is 0 Å². The highest BCUT2D eigenvalue weighted by atomic mass is 32.2. The molecule has 140 valence electrons. The van der Waals surface area contributed by atoms with Gasteiger partial charge < -0.3 is 14.7 Å². The van der Waals surface area contributed by atoms with Crippen LogP contribution in [0, 0.1) is 6.92 Å². The molecule has 26 heavy (non-hydrogen) atoms.